The molecule has 164 valence electrons. The Morgan fingerprint density at radius 3 is 2.77 bits per heavy atom. The van der Waals surface area contributed by atoms with E-state index in [-0.39, 0.29) is 11.6 Å². The van der Waals surface area contributed by atoms with Crippen LogP contribution in [0.2, 0.25) is 0 Å². The molecule has 1 aliphatic heterocycles. The third-order valence-electron chi connectivity index (χ3n) is 5.21. The summed E-state index contributed by atoms with van der Waals surface area (Å²) in [4.78, 5) is 34.6. The van der Waals surface area contributed by atoms with E-state index in [4.69, 9.17) is 9.72 Å². The molecular weight excluding hydrogens is 396 g/mol. The number of rotatable bonds is 4. The van der Waals surface area contributed by atoms with E-state index in [0.717, 1.165) is 31.5 Å². The number of anilines is 1. The number of ether oxygens (including phenoxy) is 1. The number of hydrogen-bond donors (Lipinski definition) is 2. The second kappa shape index (κ2) is 8.41. The molecule has 1 amide bonds. The SMILES string of the molecule is CC(C)(C)OC(=O)NCC1CCCCN1c1nc2c(cnn2-c2ccccc2)c(=O)[nH]1. The molecule has 1 fully saturated rings. The van der Waals surface area contributed by atoms with Gasteiger partial charge in [0, 0.05) is 19.1 Å². The molecule has 1 aromatic carbocycles. The second-order valence-electron chi connectivity index (χ2n) is 8.74. The van der Waals surface area contributed by atoms with E-state index >= 15 is 0 Å². The maximum atomic E-state index is 12.8. The first-order chi connectivity index (χ1) is 14.8. The Balaban J connectivity index is 1.61. The maximum Gasteiger partial charge on any atom is 0.407 e. The van der Waals surface area contributed by atoms with Crippen LogP contribution < -0.4 is 15.8 Å². The zero-order valence-corrected chi connectivity index (χ0v) is 18.1. The van der Waals surface area contributed by atoms with Crippen molar-refractivity contribution in [2.45, 2.75) is 51.7 Å². The zero-order valence-electron chi connectivity index (χ0n) is 18.1. The van der Waals surface area contributed by atoms with E-state index in [2.05, 4.69) is 20.3 Å². The van der Waals surface area contributed by atoms with Crippen LogP contribution in [0.1, 0.15) is 40.0 Å². The van der Waals surface area contributed by atoms with Crippen LogP contribution in [0.5, 0.6) is 0 Å². The number of piperidine rings is 1. The molecule has 0 spiro atoms. The van der Waals surface area contributed by atoms with Gasteiger partial charge < -0.3 is 15.0 Å². The molecule has 4 rings (SSSR count). The normalized spacial score (nSPS) is 17.0. The summed E-state index contributed by atoms with van der Waals surface area (Å²) in [5, 5.41) is 7.66. The fraction of sp³-hybridized carbons (Fsp3) is 0.455. The van der Waals surface area contributed by atoms with Gasteiger partial charge in [0.1, 0.15) is 11.0 Å². The lowest BCUT2D eigenvalue weighted by Crippen LogP contribution is -2.48. The van der Waals surface area contributed by atoms with Gasteiger partial charge in [-0.2, -0.15) is 10.1 Å². The number of nitrogens with one attached hydrogen (secondary N) is 2. The average molecular weight is 425 g/mol. The van der Waals surface area contributed by atoms with Gasteiger partial charge >= 0.3 is 6.09 Å². The lowest BCUT2D eigenvalue weighted by molar-refractivity contribution is 0.0522. The van der Waals surface area contributed by atoms with Crippen molar-refractivity contribution in [3.05, 3.63) is 46.9 Å². The molecule has 9 heteroatoms. The van der Waals surface area contributed by atoms with Gasteiger partial charge in [-0.05, 0) is 52.2 Å². The molecule has 0 aliphatic carbocycles. The minimum atomic E-state index is -0.552. The fourth-order valence-electron chi connectivity index (χ4n) is 3.81. The highest BCUT2D eigenvalue weighted by Crippen LogP contribution is 2.23. The summed E-state index contributed by atoms with van der Waals surface area (Å²) < 4.78 is 7.02. The number of hydrogen-bond acceptors (Lipinski definition) is 6. The van der Waals surface area contributed by atoms with Crippen LogP contribution in [0.4, 0.5) is 10.7 Å². The first kappa shape index (κ1) is 20.9. The van der Waals surface area contributed by atoms with E-state index < -0.39 is 11.7 Å². The average Bonchev–Trinajstić information content (AvgIpc) is 3.16. The van der Waals surface area contributed by atoms with E-state index in [0.29, 0.717) is 23.5 Å². The monoisotopic (exact) mass is 424 g/mol. The molecule has 9 nitrogen and oxygen atoms in total. The number of H-pyrrole nitrogens is 1. The molecular formula is C22H28N6O3. The minimum absolute atomic E-state index is 0.00923. The largest absolute Gasteiger partial charge is 0.444 e. The maximum absolute atomic E-state index is 12.8. The molecule has 2 aromatic heterocycles. The summed E-state index contributed by atoms with van der Waals surface area (Å²) in [6.07, 6.45) is 4.01. The summed E-state index contributed by atoms with van der Waals surface area (Å²) in [6.45, 7) is 6.65. The van der Waals surface area contributed by atoms with Crippen molar-refractivity contribution in [3.63, 3.8) is 0 Å². The number of aromatic amines is 1. The molecule has 3 heterocycles. The Labute approximate surface area is 180 Å². The fourth-order valence-corrected chi connectivity index (χ4v) is 3.81. The van der Waals surface area contributed by atoms with Gasteiger partial charge in [0.25, 0.3) is 5.56 Å². The van der Waals surface area contributed by atoms with Crippen molar-refractivity contribution in [2.24, 2.45) is 0 Å². The van der Waals surface area contributed by atoms with Crippen molar-refractivity contribution in [1.82, 2.24) is 25.1 Å². The number of amides is 1. The van der Waals surface area contributed by atoms with E-state index in [1.54, 1.807) is 4.68 Å². The highest BCUT2D eigenvalue weighted by Gasteiger charge is 2.27. The van der Waals surface area contributed by atoms with Gasteiger partial charge in [0.15, 0.2) is 5.65 Å². The van der Waals surface area contributed by atoms with Crippen LogP contribution >= 0.6 is 0 Å². The van der Waals surface area contributed by atoms with Crippen LogP contribution in [-0.2, 0) is 4.74 Å². The number of aromatic nitrogens is 4. The van der Waals surface area contributed by atoms with Crippen LogP contribution in [0.3, 0.4) is 0 Å². The molecule has 1 unspecified atom stereocenters. The molecule has 1 atom stereocenters. The molecule has 1 aliphatic rings. The van der Waals surface area contributed by atoms with Crippen molar-refractivity contribution in [2.75, 3.05) is 18.0 Å². The lowest BCUT2D eigenvalue weighted by atomic mass is 10.0. The molecule has 0 saturated carbocycles. The Kier molecular flexibility index (Phi) is 5.67. The van der Waals surface area contributed by atoms with Gasteiger partial charge in [-0.1, -0.05) is 18.2 Å². The quantitative estimate of drug-likeness (QED) is 0.667. The van der Waals surface area contributed by atoms with Crippen molar-refractivity contribution in [1.29, 1.82) is 0 Å². The van der Waals surface area contributed by atoms with Crippen LogP contribution in [-0.4, -0.2) is 50.6 Å². The Hall–Kier alpha value is -3.36. The number of alkyl carbamates (subject to hydrolysis) is 1. The van der Waals surface area contributed by atoms with Gasteiger partial charge in [-0.15, -0.1) is 0 Å². The lowest BCUT2D eigenvalue weighted by Gasteiger charge is -2.36. The minimum Gasteiger partial charge on any atom is -0.444 e. The van der Waals surface area contributed by atoms with Crippen LogP contribution in [0, 0.1) is 0 Å². The van der Waals surface area contributed by atoms with Crippen LogP contribution in [0.15, 0.2) is 41.3 Å². The Bertz CT molecular complexity index is 1120. The van der Waals surface area contributed by atoms with Crippen molar-refractivity contribution >= 4 is 23.1 Å². The summed E-state index contributed by atoms with van der Waals surface area (Å²) in [5.41, 5.74) is 0.564. The number of fused-ring (bicyclic) bond motifs is 1. The number of para-hydroxylation sites is 1. The van der Waals surface area contributed by atoms with Crippen molar-refractivity contribution < 1.29 is 9.53 Å². The second-order valence-corrected chi connectivity index (χ2v) is 8.74. The predicted molar refractivity (Wildman–Crippen MR) is 119 cm³/mol. The van der Waals surface area contributed by atoms with E-state index in [1.807, 2.05) is 51.1 Å². The summed E-state index contributed by atoms with van der Waals surface area (Å²) >= 11 is 0. The first-order valence-corrected chi connectivity index (χ1v) is 10.6. The first-order valence-electron chi connectivity index (χ1n) is 10.6. The summed E-state index contributed by atoms with van der Waals surface area (Å²) in [5.74, 6) is 0.492. The third-order valence-corrected chi connectivity index (χ3v) is 5.21. The number of carbonyl (C=O) groups is 1. The van der Waals surface area contributed by atoms with Gasteiger partial charge in [-0.25, -0.2) is 9.48 Å². The standard InChI is InChI=1S/C22H28N6O3/c1-22(2,3)31-21(30)23-13-16-11-7-8-12-27(16)20-25-18-17(19(29)26-20)14-24-28(18)15-9-5-4-6-10-15/h4-6,9-10,14,16H,7-8,11-13H2,1-3H3,(H,23,30)(H,25,26,29). The molecule has 31 heavy (non-hydrogen) atoms. The molecule has 2 N–H and O–H groups in total. The highest BCUT2D eigenvalue weighted by molar-refractivity contribution is 5.76. The van der Waals surface area contributed by atoms with E-state index in [1.165, 1.54) is 6.20 Å². The van der Waals surface area contributed by atoms with Gasteiger partial charge in [-0.3, -0.25) is 9.78 Å². The highest BCUT2D eigenvalue weighted by atomic mass is 16.6. The smallest absolute Gasteiger partial charge is 0.407 e. The number of benzene rings is 1. The predicted octanol–water partition coefficient (Wildman–Crippen LogP) is 2.99. The number of carbonyl (C=O) groups excluding carboxylic acids is 1. The molecule has 3 aromatic rings. The zero-order chi connectivity index (χ0) is 22.0. The van der Waals surface area contributed by atoms with Crippen molar-refractivity contribution in [3.8, 4) is 5.69 Å². The van der Waals surface area contributed by atoms with Crippen LogP contribution in [0.25, 0.3) is 16.7 Å². The number of nitrogens with zero attached hydrogens (tertiary/aromatic N) is 4. The van der Waals surface area contributed by atoms with E-state index in [9.17, 15) is 9.59 Å². The third kappa shape index (κ3) is 4.70. The van der Waals surface area contributed by atoms with Gasteiger partial charge in [0.05, 0.1) is 11.9 Å². The Morgan fingerprint density at radius 2 is 2.03 bits per heavy atom. The van der Waals surface area contributed by atoms with Gasteiger partial charge in [0.2, 0.25) is 5.95 Å². The molecule has 1 saturated heterocycles. The summed E-state index contributed by atoms with van der Waals surface area (Å²) in [6, 6.07) is 9.61. The Morgan fingerprint density at radius 1 is 1.26 bits per heavy atom. The molecule has 0 bridgehead atoms. The topological polar surface area (TPSA) is 105 Å². The molecule has 0 radical (unpaired) electrons. The summed E-state index contributed by atoms with van der Waals surface area (Å²) in [7, 11) is 0.